The van der Waals surface area contributed by atoms with E-state index in [-0.39, 0.29) is 0 Å². The molecule has 0 bridgehead atoms. The van der Waals surface area contributed by atoms with Crippen LogP contribution in [-0.4, -0.2) is 5.11 Å². The number of para-hydroxylation sites is 1. The molecule has 0 amide bonds. The van der Waals surface area contributed by atoms with Crippen molar-refractivity contribution in [3.05, 3.63) is 76.1 Å². The highest BCUT2D eigenvalue weighted by molar-refractivity contribution is 6.30. The lowest BCUT2D eigenvalue weighted by molar-refractivity contribution is 0.221. The summed E-state index contributed by atoms with van der Waals surface area (Å²) < 4.78 is 0. The molecule has 17 heavy (non-hydrogen) atoms. The fourth-order valence-electron chi connectivity index (χ4n) is 1.65. The van der Waals surface area contributed by atoms with Gasteiger partial charge in [0.25, 0.3) is 0 Å². The second kappa shape index (κ2) is 5.01. The zero-order valence-corrected chi connectivity index (χ0v) is 9.72. The fraction of sp³-hybridized carbons (Fsp3) is 0.0714. The van der Waals surface area contributed by atoms with Gasteiger partial charge in [-0.15, -0.1) is 0 Å². The predicted molar refractivity (Wildman–Crippen MR) is 68.2 cm³/mol. The van der Waals surface area contributed by atoms with E-state index in [9.17, 15) is 5.11 Å². The zero-order valence-electron chi connectivity index (χ0n) is 8.97. The number of hydrogen-bond acceptors (Lipinski definition) is 1. The minimum absolute atomic E-state index is 0.468. The van der Waals surface area contributed by atoms with Gasteiger partial charge in [-0.05, 0) is 23.3 Å². The average Bonchev–Trinajstić information content (AvgIpc) is 2.39. The summed E-state index contributed by atoms with van der Waals surface area (Å²) in [4.78, 5) is 3.40. The molecule has 0 aromatic heterocycles. The van der Waals surface area contributed by atoms with Gasteiger partial charge >= 0.3 is 0 Å². The molecule has 84 valence electrons. The Morgan fingerprint density at radius 1 is 1.06 bits per heavy atom. The second-order valence-electron chi connectivity index (χ2n) is 3.62. The molecule has 2 aromatic carbocycles. The van der Waals surface area contributed by atoms with Gasteiger partial charge in [-0.1, -0.05) is 48.0 Å². The van der Waals surface area contributed by atoms with Crippen LogP contribution >= 0.6 is 11.6 Å². The van der Waals surface area contributed by atoms with Crippen molar-refractivity contribution in [1.29, 1.82) is 0 Å². The monoisotopic (exact) mass is 243 g/mol. The summed E-state index contributed by atoms with van der Waals surface area (Å²) in [7, 11) is 0. The number of nitrogens with zero attached hydrogens (tertiary/aromatic N) is 1. The normalized spacial score (nSPS) is 11.8. The highest BCUT2D eigenvalue weighted by Gasteiger charge is 2.13. The largest absolute Gasteiger partial charge is 0.385 e. The summed E-state index contributed by atoms with van der Waals surface area (Å²) in [6.45, 7) is 7.07. The van der Waals surface area contributed by atoms with Crippen molar-refractivity contribution in [1.82, 2.24) is 0 Å². The molecule has 0 aliphatic carbocycles. The number of rotatable bonds is 2. The quantitative estimate of drug-likeness (QED) is 0.793. The first-order valence-electron chi connectivity index (χ1n) is 5.12. The highest BCUT2D eigenvalue weighted by Crippen LogP contribution is 2.30. The van der Waals surface area contributed by atoms with Crippen LogP contribution in [0.2, 0.25) is 5.02 Å². The van der Waals surface area contributed by atoms with Crippen molar-refractivity contribution in [2.45, 2.75) is 6.10 Å². The van der Waals surface area contributed by atoms with E-state index in [0.717, 1.165) is 5.56 Å². The van der Waals surface area contributed by atoms with Gasteiger partial charge < -0.3 is 5.11 Å². The number of halogens is 1. The van der Waals surface area contributed by atoms with Crippen LogP contribution in [0.4, 0.5) is 5.69 Å². The lowest BCUT2D eigenvalue weighted by Crippen LogP contribution is -1.99. The number of aliphatic hydroxyl groups is 1. The maximum atomic E-state index is 10.2. The molecule has 0 heterocycles. The molecule has 0 saturated heterocycles. The molecule has 2 rings (SSSR count). The summed E-state index contributed by atoms with van der Waals surface area (Å²) in [6.07, 6.45) is -0.794. The molecule has 1 atom stereocenters. The molecular weight excluding hydrogens is 234 g/mol. The van der Waals surface area contributed by atoms with Gasteiger partial charge in [0.15, 0.2) is 5.69 Å². The van der Waals surface area contributed by atoms with Crippen LogP contribution in [0.3, 0.4) is 0 Å². The first kappa shape index (κ1) is 11.7. The Balaban J connectivity index is 2.40. The number of aliphatic hydroxyl groups excluding tert-OH is 1. The minimum Gasteiger partial charge on any atom is -0.385 e. The van der Waals surface area contributed by atoms with Crippen molar-refractivity contribution >= 4 is 17.3 Å². The zero-order chi connectivity index (χ0) is 12.3. The van der Waals surface area contributed by atoms with Gasteiger partial charge in [0, 0.05) is 5.02 Å². The molecule has 2 aromatic rings. The molecule has 3 heteroatoms. The SMILES string of the molecule is [C-]#[N+]c1ccccc1C(O)c1ccc(Cl)cc1. The van der Waals surface area contributed by atoms with E-state index in [0.29, 0.717) is 16.3 Å². The Kier molecular flexibility index (Phi) is 3.43. The minimum atomic E-state index is -0.794. The van der Waals surface area contributed by atoms with Crippen LogP contribution in [0.1, 0.15) is 17.2 Å². The Bertz CT molecular complexity index is 557. The molecule has 0 spiro atoms. The molecule has 0 aliphatic rings. The second-order valence-corrected chi connectivity index (χ2v) is 4.06. The summed E-state index contributed by atoms with van der Waals surface area (Å²) in [5.74, 6) is 0. The van der Waals surface area contributed by atoms with E-state index in [4.69, 9.17) is 18.2 Å². The first-order chi connectivity index (χ1) is 8.22. The molecule has 0 radical (unpaired) electrons. The van der Waals surface area contributed by atoms with Gasteiger partial charge in [0.2, 0.25) is 0 Å². The molecule has 1 unspecified atom stereocenters. The van der Waals surface area contributed by atoms with Crippen LogP contribution in [0.15, 0.2) is 48.5 Å². The van der Waals surface area contributed by atoms with Crippen LogP contribution in [-0.2, 0) is 0 Å². The highest BCUT2D eigenvalue weighted by atomic mass is 35.5. The van der Waals surface area contributed by atoms with Crippen molar-refractivity contribution in [3.8, 4) is 0 Å². The van der Waals surface area contributed by atoms with E-state index in [2.05, 4.69) is 4.85 Å². The lowest BCUT2D eigenvalue weighted by atomic mass is 10.0. The van der Waals surface area contributed by atoms with Gasteiger partial charge in [0.1, 0.15) is 0 Å². The van der Waals surface area contributed by atoms with Gasteiger partial charge in [0.05, 0.1) is 12.7 Å². The van der Waals surface area contributed by atoms with Crippen LogP contribution in [0, 0.1) is 6.57 Å². The number of benzene rings is 2. The van der Waals surface area contributed by atoms with Gasteiger partial charge in [-0.2, -0.15) is 0 Å². The number of hydrogen-bond donors (Lipinski definition) is 1. The molecule has 1 N–H and O–H groups in total. The molecule has 2 nitrogen and oxygen atoms in total. The van der Waals surface area contributed by atoms with Crippen LogP contribution < -0.4 is 0 Å². The van der Waals surface area contributed by atoms with Crippen molar-refractivity contribution in [2.75, 3.05) is 0 Å². The maximum absolute atomic E-state index is 10.2. The fourth-order valence-corrected chi connectivity index (χ4v) is 1.77. The first-order valence-corrected chi connectivity index (χ1v) is 5.50. The van der Waals surface area contributed by atoms with Crippen molar-refractivity contribution < 1.29 is 5.11 Å². The average molecular weight is 244 g/mol. The molecule has 0 saturated carbocycles. The Morgan fingerprint density at radius 3 is 2.35 bits per heavy atom. The van der Waals surface area contributed by atoms with E-state index in [1.54, 1.807) is 42.5 Å². The van der Waals surface area contributed by atoms with Gasteiger partial charge in [-0.25, -0.2) is 4.85 Å². The topological polar surface area (TPSA) is 24.6 Å². The van der Waals surface area contributed by atoms with Crippen molar-refractivity contribution in [3.63, 3.8) is 0 Å². The van der Waals surface area contributed by atoms with Gasteiger partial charge in [-0.3, -0.25) is 0 Å². The van der Waals surface area contributed by atoms with Crippen LogP contribution in [0.25, 0.3) is 4.85 Å². The standard InChI is InChI=1S/C14H10ClNO/c1-16-13-5-3-2-4-12(13)14(17)10-6-8-11(15)9-7-10/h2-9,14,17H. The summed E-state index contributed by atoms with van der Waals surface area (Å²) in [5.41, 5.74) is 1.81. The Morgan fingerprint density at radius 2 is 1.71 bits per heavy atom. The Labute approximate surface area is 105 Å². The summed E-state index contributed by atoms with van der Waals surface area (Å²) >= 11 is 5.79. The summed E-state index contributed by atoms with van der Waals surface area (Å²) in [6, 6.07) is 14.0. The maximum Gasteiger partial charge on any atom is 0.193 e. The third kappa shape index (κ3) is 2.47. The van der Waals surface area contributed by atoms with E-state index in [1.165, 1.54) is 0 Å². The molecule has 0 aliphatic heterocycles. The van der Waals surface area contributed by atoms with E-state index >= 15 is 0 Å². The van der Waals surface area contributed by atoms with E-state index in [1.807, 2.05) is 6.07 Å². The summed E-state index contributed by atoms with van der Waals surface area (Å²) in [5, 5.41) is 10.8. The smallest absolute Gasteiger partial charge is 0.193 e. The van der Waals surface area contributed by atoms with Crippen LogP contribution in [0.5, 0.6) is 0 Å². The third-order valence-corrected chi connectivity index (χ3v) is 2.79. The molecule has 0 fully saturated rings. The molecular formula is C14H10ClNO. The van der Waals surface area contributed by atoms with E-state index < -0.39 is 6.10 Å². The Hall–Kier alpha value is -1.82. The third-order valence-electron chi connectivity index (χ3n) is 2.54. The predicted octanol–water partition coefficient (Wildman–Crippen LogP) is 3.97. The lowest BCUT2D eigenvalue weighted by Gasteiger charge is -2.13. The van der Waals surface area contributed by atoms with Crippen molar-refractivity contribution in [2.24, 2.45) is 0 Å².